The zero-order valence-corrected chi connectivity index (χ0v) is 11.2. The van der Waals surface area contributed by atoms with Gasteiger partial charge in [0.05, 0.1) is 16.8 Å². The van der Waals surface area contributed by atoms with Gasteiger partial charge in [-0.05, 0) is 49.1 Å². The van der Waals surface area contributed by atoms with E-state index in [0.29, 0.717) is 5.02 Å². The van der Waals surface area contributed by atoms with Gasteiger partial charge >= 0.3 is 0 Å². The van der Waals surface area contributed by atoms with Crippen LogP contribution in [-0.2, 0) is 0 Å². The van der Waals surface area contributed by atoms with Crippen molar-refractivity contribution < 1.29 is 4.39 Å². The summed E-state index contributed by atoms with van der Waals surface area (Å²) >= 11 is 7.68. The first kappa shape index (κ1) is 12.4. The van der Waals surface area contributed by atoms with Crippen molar-refractivity contribution in [3.05, 3.63) is 50.9 Å². The van der Waals surface area contributed by atoms with Crippen LogP contribution in [0, 0.1) is 12.7 Å². The van der Waals surface area contributed by atoms with Crippen LogP contribution in [0.5, 0.6) is 0 Å². The van der Waals surface area contributed by atoms with Crippen LogP contribution in [0.3, 0.4) is 0 Å². The Labute approximate surface area is 109 Å². The standard InChI is InChI=1S/C13H13ClFNS/c1-8-5-6-17-13(8)9(2)16-12-4-3-10(15)7-11(12)14/h3-7,9,16H,1-2H3. The fraction of sp³-hybridized carbons (Fsp3) is 0.231. The molecule has 1 aromatic carbocycles. The Bertz CT molecular complexity index is 524. The molecule has 0 fully saturated rings. The molecule has 0 aliphatic rings. The van der Waals surface area contributed by atoms with E-state index in [1.807, 2.05) is 0 Å². The van der Waals surface area contributed by atoms with Gasteiger partial charge in [0, 0.05) is 4.88 Å². The third-order valence-electron chi connectivity index (χ3n) is 2.60. The number of thiophene rings is 1. The highest BCUT2D eigenvalue weighted by atomic mass is 35.5. The van der Waals surface area contributed by atoms with Crippen LogP contribution in [0.1, 0.15) is 23.4 Å². The molecular weight excluding hydrogens is 257 g/mol. The molecule has 4 heteroatoms. The summed E-state index contributed by atoms with van der Waals surface area (Å²) in [6, 6.07) is 6.64. The quantitative estimate of drug-likeness (QED) is 0.825. The minimum absolute atomic E-state index is 0.165. The maximum atomic E-state index is 12.9. The van der Waals surface area contributed by atoms with Crippen LogP contribution >= 0.6 is 22.9 Å². The topological polar surface area (TPSA) is 12.0 Å². The fourth-order valence-corrected chi connectivity index (χ4v) is 2.89. The van der Waals surface area contributed by atoms with E-state index in [1.165, 1.54) is 22.6 Å². The number of anilines is 1. The van der Waals surface area contributed by atoms with E-state index in [1.54, 1.807) is 17.4 Å². The zero-order chi connectivity index (χ0) is 12.4. The van der Waals surface area contributed by atoms with E-state index < -0.39 is 0 Å². The number of nitrogens with one attached hydrogen (secondary N) is 1. The van der Waals surface area contributed by atoms with Crippen LogP contribution in [0.2, 0.25) is 5.02 Å². The minimum atomic E-state index is -0.319. The third-order valence-corrected chi connectivity index (χ3v) is 4.11. The SMILES string of the molecule is Cc1ccsc1C(C)Nc1ccc(F)cc1Cl. The Morgan fingerprint density at radius 2 is 2.12 bits per heavy atom. The number of hydrogen-bond donors (Lipinski definition) is 1. The van der Waals surface area contributed by atoms with E-state index in [4.69, 9.17) is 11.6 Å². The van der Waals surface area contributed by atoms with E-state index in [2.05, 4.69) is 30.6 Å². The smallest absolute Gasteiger partial charge is 0.124 e. The summed E-state index contributed by atoms with van der Waals surface area (Å²) in [6.07, 6.45) is 0. The van der Waals surface area contributed by atoms with Gasteiger partial charge in [-0.3, -0.25) is 0 Å². The number of halogens is 2. The van der Waals surface area contributed by atoms with Gasteiger partial charge in [0.15, 0.2) is 0 Å². The summed E-state index contributed by atoms with van der Waals surface area (Å²) in [7, 11) is 0. The molecule has 2 aromatic rings. The second kappa shape index (κ2) is 5.07. The van der Waals surface area contributed by atoms with Gasteiger partial charge in [-0.2, -0.15) is 0 Å². The molecule has 0 aliphatic carbocycles. The Hall–Kier alpha value is -1.06. The fourth-order valence-electron chi connectivity index (χ4n) is 1.73. The summed E-state index contributed by atoms with van der Waals surface area (Å²) in [4.78, 5) is 1.27. The largest absolute Gasteiger partial charge is 0.376 e. The first-order chi connectivity index (χ1) is 8.08. The number of rotatable bonds is 3. The van der Waals surface area contributed by atoms with Crippen molar-refractivity contribution in [2.45, 2.75) is 19.9 Å². The third kappa shape index (κ3) is 2.79. The summed E-state index contributed by atoms with van der Waals surface area (Å²) in [5.41, 5.74) is 2.02. The molecule has 0 saturated carbocycles. The molecule has 1 N–H and O–H groups in total. The molecule has 0 radical (unpaired) electrons. The average Bonchev–Trinajstić information content (AvgIpc) is 2.68. The first-order valence-corrected chi connectivity index (χ1v) is 6.59. The van der Waals surface area contributed by atoms with Gasteiger partial charge in [-0.1, -0.05) is 11.6 Å². The summed E-state index contributed by atoms with van der Waals surface area (Å²) in [6.45, 7) is 4.15. The predicted molar refractivity (Wildman–Crippen MR) is 72.5 cm³/mol. The Kier molecular flexibility index (Phi) is 3.69. The lowest BCUT2D eigenvalue weighted by molar-refractivity contribution is 0.628. The zero-order valence-electron chi connectivity index (χ0n) is 9.63. The highest BCUT2D eigenvalue weighted by molar-refractivity contribution is 7.10. The van der Waals surface area contributed by atoms with E-state index in [0.717, 1.165) is 5.69 Å². The summed E-state index contributed by atoms with van der Waals surface area (Å²) in [5, 5.41) is 5.77. The molecular formula is C13H13ClFNS. The molecule has 2 rings (SSSR count). The van der Waals surface area contributed by atoms with Crippen molar-refractivity contribution in [3.63, 3.8) is 0 Å². The van der Waals surface area contributed by atoms with Crippen molar-refractivity contribution in [1.82, 2.24) is 0 Å². The lowest BCUT2D eigenvalue weighted by Gasteiger charge is -2.16. The van der Waals surface area contributed by atoms with Crippen molar-refractivity contribution in [2.24, 2.45) is 0 Å². The van der Waals surface area contributed by atoms with Gasteiger partial charge in [-0.15, -0.1) is 11.3 Å². The summed E-state index contributed by atoms with van der Waals surface area (Å²) < 4.78 is 12.9. The molecule has 90 valence electrons. The highest BCUT2D eigenvalue weighted by Gasteiger charge is 2.11. The van der Waals surface area contributed by atoms with Crippen molar-refractivity contribution >= 4 is 28.6 Å². The van der Waals surface area contributed by atoms with Gasteiger partial charge < -0.3 is 5.32 Å². The molecule has 1 nitrogen and oxygen atoms in total. The van der Waals surface area contributed by atoms with Gasteiger partial charge in [0.1, 0.15) is 5.82 Å². The maximum absolute atomic E-state index is 12.9. The number of aryl methyl sites for hydroxylation is 1. The summed E-state index contributed by atoms with van der Waals surface area (Å²) in [5.74, 6) is -0.319. The van der Waals surface area contributed by atoms with Gasteiger partial charge in [0.25, 0.3) is 0 Å². The predicted octanol–water partition coefficient (Wildman–Crippen LogP) is 5.02. The van der Waals surface area contributed by atoms with E-state index in [9.17, 15) is 4.39 Å². The van der Waals surface area contributed by atoms with Gasteiger partial charge in [0.2, 0.25) is 0 Å². The molecule has 1 aromatic heterocycles. The Morgan fingerprint density at radius 1 is 1.35 bits per heavy atom. The Balaban J connectivity index is 2.19. The average molecular weight is 270 g/mol. The van der Waals surface area contributed by atoms with E-state index >= 15 is 0 Å². The maximum Gasteiger partial charge on any atom is 0.124 e. The second-order valence-corrected chi connectivity index (χ2v) is 5.31. The van der Waals surface area contributed by atoms with E-state index in [-0.39, 0.29) is 11.9 Å². The molecule has 1 atom stereocenters. The van der Waals surface area contributed by atoms with Crippen LogP contribution in [-0.4, -0.2) is 0 Å². The molecule has 17 heavy (non-hydrogen) atoms. The Morgan fingerprint density at radius 3 is 2.71 bits per heavy atom. The molecule has 0 bridgehead atoms. The van der Waals surface area contributed by atoms with Crippen molar-refractivity contribution in [1.29, 1.82) is 0 Å². The molecule has 0 spiro atoms. The van der Waals surface area contributed by atoms with Crippen molar-refractivity contribution in [2.75, 3.05) is 5.32 Å². The highest BCUT2D eigenvalue weighted by Crippen LogP contribution is 2.30. The molecule has 0 aliphatic heterocycles. The lowest BCUT2D eigenvalue weighted by atomic mass is 10.2. The van der Waals surface area contributed by atoms with Crippen LogP contribution in [0.4, 0.5) is 10.1 Å². The molecule has 0 saturated heterocycles. The monoisotopic (exact) mass is 269 g/mol. The van der Waals surface area contributed by atoms with Gasteiger partial charge in [-0.25, -0.2) is 4.39 Å². The molecule has 1 heterocycles. The number of hydrogen-bond acceptors (Lipinski definition) is 2. The lowest BCUT2D eigenvalue weighted by Crippen LogP contribution is -2.06. The number of benzene rings is 1. The minimum Gasteiger partial charge on any atom is -0.376 e. The van der Waals surface area contributed by atoms with Crippen molar-refractivity contribution in [3.8, 4) is 0 Å². The first-order valence-electron chi connectivity index (χ1n) is 5.33. The molecule has 1 unspecified atom stereocenters. The molecule has 0 amide bonds. The van der Waals surface area contributed by atoms with Crippen LogP contribution in [0.15, 0.2) is 29.6 Å². The van der Waals surface area contributed by atoms with Crippen LogP contribution in [0.25, 0.3) is 0 Å². The van der Waals surface area contributed by atoms with Crippen LogP contribution < -0.4 is 5.32 Å². The second-order valence-electron chi connectivity index (χ2n) is 3.96. The normalized spacial score (nSPS) is 12.5.